The molecule has 0 fully saturated rings. The average molecular weight is 259 g/mol. The highest BCUT2D eigenvalue weighted by Gasteiger charge is 2.12. The Bertz CT molecular complexity index is 441. The van der Waals surface area contributed by atoms with Crippen molar-refractivity contribution in [2.45, 2.75) is 13.0 Å². The summed E-state index contributed by atoms with van der Waals surface area (Å²) in [6.07, 6.45) is -0.859. The Morgan fingerprint density at radius 1 is 1.35 bits per heavy atom. The highest BCUT2D eigenvalue weighted by molar-refractivity contribution is 7.89. The minimum Gasteiger partial charge on any atom is -0.497 e. The van der Waals surface area contributed by atoms with E-state index < -0.39 is 16.1 Å². The molecule has 6 heteroatoms. The molecule has 0 saturated heterocycles. The quantitative estimate of drug-likeness (QED) is 0.787. The molecule has 17 heavy (non-hydrogen) atoms. The molecule has 96 valence electrons. The first-order valence-electron chi connectivity index (χ1n) is 5.28. The number of hydrogen-bond acceptors (Lipinski definition) is 4. The van der Waals surface area contributed by atoms with Crippen molar-refractivity contribution in [1.82, 2.24) is 4.72 Å². The lowest BCUT2D eigenvalue weighted by Gasteiger charge is -2.12. The van der Waals surface area contributed by atoms with E-state index >= 15 is 0 Å². The predicted octanol–water partition coefficient (Wildman–Crippen LogP) is 0.668. The summed E-state index contributed by atoms with van der Waals surface area (Å²) in [6.45, 7) is 1.52. The van der Waals surface area contributed by atoms with Crippen molar-refractivity contribution in [2.24, 2.45) is 0 Å². The van der Waals surface area contributed by atoms with Gasteiger partial charge in [-0.2, -0.15) is 0 Å². The van der Waals surface area contributed by atoms with E-state index in [9.17, 15) is 13.5 Å². The Morgan fingerprint density at radius 3 is 2.41 bits per heavy atom. The first-order chi connectivity index (χ1) is 7.98. The summed E-state index contributed by atoms with van der Waals surface area (Å²) in [5.41, 5.74) is 0.643. The first-order valence-corrected chi connectivity index (χ1v) is 6.93. The maximum Gasteiger partial charge on any atom is 0.211 e. The van der Waals surface area contributed by atoms with Gasteiger partial charge in [-0.1, -0.05) is 12.1 Å². The number of hydrogen-bond donors (Lipinski definition) is 2. The highest BCUT2D eigenvalue weighted by atomic mass is 32.2. The summed E-state index contributed by atoms with van der Waals surface area (Å²) in [6, 6.07) is 6.83. The van der Waals surface area contributed by atoms with Crippen LogP contribution in [0.5, 0.6) is 5.75 Å². The fourth-order valence-corrected chi connectivity index (χ4v) is 1.87. The number of nitrogens with one attached hydrogen (secondary N) is 1. The van der Waals surface area contributed by atoms with E-state index in [4.69, 9.17) is 4.74 Å². The third-order valence-electron chi connectivity index (χ3n) is 2.38. The van der Waals surface area contributed by atoms with Crippen LogP contribution in [0.15, 0.2) is 24.3 Å². The van der Waals surface area contributed by atoms with Crippen molar-refractivity contribution in [3.05, 3.63) is 29.8 Å². The number of aliphatic hydroxyl groups excluding tert-OH is 1. The fraction of sp³-hybridized carbons (Fsp3) is 0.455. The van der Waals surface area contributed by atoms with Crippen molar-refractivity contribution in [2.75, 3.05) is 19.4 Å². The van der Waals surface area contributed by atoms with Crippen LogP contribution in [0.25, 0.3) is 0 Å². The lowest BCUT2D eigenvalue weighted by atomic mass is 10.1. The van der Waals surface area contributed by atoms with Gasteiger partial charge in [0.05, 0.1) is 19.0 Å². The summed E-state index contributed by atoms with van der Waals surface area (Å²) in [5.74, 6) is 0.692. The van der Waals surface area contributed by atoms with Gasteiger partial charge in [0.25, 0.3) is 0 Å². The van der Waals surface area contributed by atoms with E-state index in [1.165, 1.54) is 0 Å². The van der Waals surface area contributed by atoms with E-state index in [-0.39, 0.29) is 12.3 Å². The van der Waals surface area contributed by atoms with Gasteiger partial charge in [-0.25, -0.2) is 13.1 Å². The Hall–Kier alpha value is -1.11. The van der Waals surface area contributed by atoms with Crippen LogP contribution in [-0.2, 0) is 10.0 Å². The molecule has 0 aliphatic heterocycles. The fourth-order valence-electron chi connectivity index (χ4n) is 1.25. The summed E-state index contributed by atoms with van der Waals surface area (Å²) in [4.78, 5) is 0. The molecule has 5 nitrogen and oxygen atoms in total. The average Bonchev–Trinajstić information content (AvgIpc) is 2.36. The molecule has 1 atom stereocenters. The van der Waals surface area contributed by atoms with Gasteiger partial charge in [-0.15, -0.1) is 0 Å². The van der Waals surface area contributed by atoms with Crippen molar-refractivity contribution in [1.29, 1.82) is 0 Å². The molecule has 0 radical (unpaired) electrons. The summed E-state index contributed by atoms with van der Waals surface area (Å²) in [7, 11) is -1.71. The number of benzene rings is 1. The third kappa shape index (κ3) is 4.33. The minimum atomic E-state index is -3.27. The summed E-state index contributed by atoms with van der Waals surface area (Å²) < 4.78 is 29.7. The van der Waals surface area contributed by atoms with Crippen LogP contribution in [0.4, 0.5) is 0 Å². The smallest absolute Gasteiger partial charge is 0.211 e. The lowest BCUT2D eigenvalue weighted by molar-refractivity contribution is 0.182. The maximum atomic E-state index is 11.2. The van der Waals surface area contributed by atoms with E-state index in [0.717, 1.165) is 0 Å². The van der Waals surface area contributed by atoms with Gasteiger partial charge in [-0.05, 0) is 24.6 Å². The molecule has 1 aromatic carbocycles. The van der Waals surface area contributed by atoms with Gasteiger partial charge < -0.3 is 9.84 Å². The van der Waals surface area contributed by atoms with Crippen LogP contribution >= 0.6 is 0 Å². The topological polar surface area (TPSA) is 75.6 Å². The number of sulfonamides is 1. The molecule has 0 spiro atoms. The minimum absolute atomic E-state index is 0.00231. The third-order valence-corrected chi connectivity index (χ3v) is 3.74. The molecular formula is C11H17NO4S. The predicted molar refractivity (Wildman–Crippen MR) is 65.4 cm³/mol. The lowest BCUT2D eigenvalue weighted by Crippen LogP contribution is -2.29. The summed E-state index contributed by atoms with van der Waals surface area (Å²) in [5, 5.41) is 9.78. The Labute approximate surface area is 101 Å². The van der Waals surface area contributed by atoms with Crippen LogP contribution in [0.3, 0.4) is 0 Å². The zero-order valence-corrected chi connectivity index (χ0v) is 10.7. The van der Waals surface area contributed by atoms with E-state index in [1.807, 2.05) is 0 Å². The maximum absolute atomic E-state index is 11.2. The zero-order valence-electron chi connectivity index (χ0n) is 9.88. The van der Waals surface area contributed by atoms with E-state index in [1.54, 1.807) is 38.3 Å². The second kappa shape index (κ2) is 6.00. The van der Waals surface area contributed by atoms with Gasteiger partial charge in [0.2, 0.25) is 10.0 Å². The molecule has 1 unspecified atom stereocenters. The van der Waals surface area contributed by atoms with Gasteiger partial charge >= 0.3 is 0 Å². The Kier molecular flexibility index (Phi) is 4.92. The van der Waals surface area contributed by atoms with Crippen molar-refractivity contribution in [3.8, 4) is 5.75 Å². The Morgan fingerprint density at radius 2 is 1.94 bits per heavy atom. The molecular weight excluding hydrogens is 242 g/mol. The largest absolute Gasteiger partial charge is 0.497 e. The first kappa shape index (κ1) is 14.0. The van der Waals surface area contributed by atoms with Crippen molar-refractivity contribution in [3.63, 3.8) is 0 Å². The highest BCUT2D eigenvalue weighted by Crippen LogP contribution is 2.17. The van der Waals surface area contributed by atoms with Gasteiger partial charge in [0.15, 0.2) is 0 Å². The number of methoxy groups -OCH3 is 1. The van der Waals surface area contributed by atoms with Crippen molar-refractivity contribution < 1.29 is 18.3 Å². The van der Waals surface area contributed by atoms with Crippen LogP contribution < -0.4 is 9.46 Å². The molecule has 0 aromatic heterocycles. The molecule has 0 bridgehead atoms. The molecule has 1 aromatic rings. The number of rotatable bonds is 6. The molecule has 1 rings (SSSR count). The summed E-state index contributed by atoms with van der Waals surface area (Å²) >= 11 is 0. The molecule has 2 N–H and O–H groups in total. The van der Waals surface area contributed by atoms with Crippen LogP contribution in [0.2, 0.25) is 0 Å². The van der Waals surface area contributed by atoms with Crippen LogP contribution in [0, 0.1) is 0 Å². The van der Waals surface area contributed by atoms with Crippen LogP contribution in [-0.4, -0.2) is 32.9 Å². The molecule has 0 aliphatic carbocycles. The molecule has 0 heterocycles. The number of aliphatic hydroxyl groups is 1. The number of ether oxygens (including phenoxy) is 1. The molecule has 0 saturated carbocycles. The monoisotopic (exact) mass is 259 g/mol. The molecule has 0 amide bonds. The van der Waals surface area contributed by atoms with Crippen molar-refractivity contribution >= 4 is 10.0 Å². The van der Waals surface area contributed by atoms with Gasteiger partial charge in [-0.3, -0.25) is 0 Å². The molecule has 0 aliphatic rings. The van der Waals surface area contributed by atoms with Gasteiger partial charge in [0, 0.05) is 6.54 Å². The SMILES string of the molecule is CCS(=O)(=O)NCC(O)c1ccc(OC)cc1. The van der Waals surface area contributed by atoms with Crippen LogP contribution in [0.1, 0.15) is 18.6 Å². The van der Waals surface area contributed by atoms with E-state index in [0.29, 0.717) is 11.3 Å². The normalized spacial score (nSPS) is 13.4. The standard InChI is InChI=1S/C11H17NO4S/c1-3-17(14,15)12-8-11(13)9-4-6-10(16-2)7-5-9/h4-7,11-13H,3,8H2,1-2H3. The van der Waals surface area contributed by atoms with E-state index in [2.05, 4.69) is 4.72 Å². The zero-order chi connectivity index (χ0) is 12.9. The second-order valence-electron chi connectivity index (χ2n) is 3.54. The Balaban J connectivity index is 2.60. The van der Waals surface area contributed by atoms with Gasteiger partial charge in [0.1, 0.15) is 5.75 Å². The second-order valence-corrected chi connectivity index (χ2v) is 5.64.